The Morgan fingerprint density at radius 3 is 2.84 bits per heavy atom. The Kier molecular flexibility index (Phi) is 3.94. The van der Waals surface area contributed by atoms with Crippen LogP contribution in [0.25, 0.3) is 0 Å². The number of nitrogens with zero attached hydrogens (tertiary/aromatic N) is 3. The Hall–Kier alpha value is -2.17. The van der Waals surface area contributed by atoms with Crippen molar-refractivity contribution in [3.63, 3.8) is 0 Å². The number of aromatic nitrogens is 3. The average Bonchev–Trinajstić information content (AvgIpc) is 2.89. The summed E-state index contributed by atoms with van der Waals surface area (Å²) in [6, 6.07) is 5.29. The summed E-state index contributed by atoms with van der Waals surface area (Å²) in [6.45, 7) is 4.62. The molecule has 0 bridgehead atoms. The number of rotatable bonds is 5. The summed E-state index contributed by atoms with van der Waals surface area (Å²) in [5.74, 6) is 0.320. The van der Waals surface area contributed by atoms with Crippen LogP contribution in [0.4, 0.5) is 0 Å². The van der Waals surface area contributed by atoms with Gasteiger partial charge in [-0.05, 0) is 31.5 Å². The quantitative estimate of drug-likeness (QED) is 0.772. The molecule has 0 saturated carbocycles. The normalized spacial score (nSPS) is 10.5. The highest BCUT2D eigenvalue weighted by molar-refractivity contribution is 6.08. The van der Waals surface area contributed by atoms with Crippen molar-refractivity contribution in [2.75, 3.05) is 7.11 Å². The molecule has 2 heterocycles. The van der Waals surface area contributed by atoms with Gasteiger partial charge in [-0.3, -0.25) is 9.48 Å². The monoisotopic (exact) mass is 259 g/mol. The zero-order chi connectivity index (χ0) is 13.8. The lowest BCUT2D eigenvalue weighted by Crippen LogP contribution is -2.12. The second kappa shape index (κ2) is 5.65. The van der Waals surface area contributed by atoms with Crippen LogP contribution in [0.2, 0.25) is 0 Å². The van der Waals surface area contributed by atoms with E-state index >= 15 is 0 Å². The highest BCUT2D eigenvalue weighted by Crippen LogP contribution is 2.19. The van der Waals surface area contributed by atoms with Gasteiger partial charge in [0, 0.05) is 12.7 Å². The number of carbonyl (C=O) groups excluding carboxylic acids is 1. The Morgan fingerprint density at radius 1 is 1.42 bits per heavy atom. The van der Waals surface area contributed by atoms with Gasteiger partial charge in [-0.15, -0.1) is 0 Å². The molecule has 5 heteroatoms. The van der Waals surface area contributed by atoms with Gasteiger partial charge in [0.15, 0.2) is 5.69 Å². The van der Waals surface area contributed by atoms with Crippen LogP contribution in [0.5, 0.6) is 5.75 Å². The predicted molar refractivity (Wildman–Crippen MR) is 71.5 cm³/mol. The lowest BCUT2D eigenvalue weighted by atomic mass is 10.1. The third-order valence-corrected chi connectivity index (χ3v) is 2.93. The van der Waals surface area contributed by atoms with E-state index in [2.05, 4.69) is 10.1 Å². The summed E-state index contributed by atoms with van der Waals surface area (Å²) in [4.78, 5) is 16.7. The fourth-order valence-corrected chi connectivity index (χ4v) is 1.91. The number of aryl methyl sites for hydroxylation is 2. The largest absolute Gasteiger partial charge is 0.494 e. The van der Waals surface area contributed by atoms with E-state index in [4.69, 9.17) is 4.74 Å². The zero-order valence-electron chi connectivity index (χ0n) is 11.4. The van der Waals surface area contributed by atoms with Gasteiger partial charge in [0.2, 0.25) is 5.78 Å². The minimum Gasteiger partial charge on any atom is -0.494 e. The van der Waals surface area contributed by atoms with E-state index in [1.807, 2.05) is 19.9 Å². The Morgan fingerprint density at radius 2 is 2.21 bits per heavy atom. The fourth-order valence-electron chi connectivity index (χ4n) is 1.91. The summed E-state index contributed by atoms with van der Waals surface area (Å²) in [5, 5.41) is 4.38. The lowest BCUT2D eigenvalue weighted by molar-refractivity contribution is 0.102. The minimum absolute atomic E-state index is 0.161. The molecule has 0 N–H and O–H groups in total. The molecule has 100 valence electrons. The van der Waals surface area contributed by atoms with E-state index in [0.29, 0.717) is 23.7 Å². The molecule has 0 atom stereocenters. The summed E-state index contributed by atoms with van der Waals surface area (Å²) in [5.41, 5.74) is 1.78. The molecule has 0 aliphatic heterocycles. The molecule has 2 aromatic heterocycles. The third-order valence-electron chi connectivity index (χ3n) is 2.93. The van der Waals surface area contributed by atoms with Crippen molar-refractivity contribution in [2.24, 2.45) is 0 Å². The van der Waals surface area contributed by atoms with Crippen molar-refractivity contribution in [1.82, 2.24) is 14.8 Å². The van der Waals surface area contributed by atoms with E-state index in [1.165, 1.54) is 7.11 Å². The Balaban J connectivity index is 2.46. The molecule has 2 rings (SSSR count). The molecule has 19 heavy (non-hydrogen) atoms. The van der Waals surface area contributed by atoms with Crippen LogP contribution in [-0.2, 0) is 13.0 Å². The zero-order valence-corrected chi connectivity index (χ0v) is 11.4. The first-order valence-electron chi connectivity index (χ1n) is 6.31. The smallest absolute Gasteiger partial charge is 0.233 e. The van der Waals surface area contributed by atoms with Crippen LogP contribution >= 0.6 is 0 Å². The first-order chi connectivity index (χ1) is 9.21. The van der Waals surface area contributed by atoms with Crippen molar-refractivity contribution in [3.8, 4) is 5.75 Å². The summed E-state index contributed by atoms with van der Waals surface area (Å²) < 4.78 is 6.89. The van der Waals surface area contributed by atoms with Crippen LogP contribution in [0.1, 0.15) is 35.7 Å². The Bertz CT molecular complexity index is 590. The molecule has 2 aromatic rings. The summed E-state index contributed by atoms with van der Waals surface area (Å²) in [7, 11) is 1.53. The highest BCUT2D eigenvalue weighted by Gasteiger charge is 2.20. The van der Waals surface area contributed by atoms with Gasteiger partial charge in [-0.2, -0.15) is 5.10 Å². The predicted octanol–water partition coefficient (Wildman–Crippen LogP) is 2.10. The standard InChI is InChI=1S/C14H17N3O2/c1-4-10-9-11(17(5-2)16-10)14(18)13-12(19-3)7-6-8-15-13/h6-9H,4-5H2,1-3H3. The summed E-state index contributed by atoms with van der Waals surface area (Å²) >= 11 is 0. The lowest BCUT2D eigenvalue weighted by Gasteiger charge is -2.07. The van der Waals surface area contributed by atoms with E-state index in [-0.39, 0.29) is 5.78 Å². The molecule has 0 aliphatic rings. The number of ether oxygens (including phenoxy) is 1. The molecular weight excluding hydrogens is 242 g/mol. The number of ketones is 1. The van der Waals surface area contributed by atoms with Crippen molar-refractivity contribution in [1.29, 1.82) is 0 Å². The maximum atomic E-state index is 12.5. The molecule has 0 saturated heterocycles. The van der Waals surface area contributed by atoms with E-state index in [1.54, 1.807) is 23.0 Å². The highest BCUT2D eigenvalue weighted by atomic mass is 16.5. The SMILES string of the molecule is CCc1cc(C(=O)c2ncccc2OC)n(CC)n1. The topological polar surface area (TPSA) is 57.0 Å². The fraction of sp³-hybridized carbons (Fsp3) is 0.357. The van der Waals surface area contributed by atoms with Gasteiger partial charge in [0.25, 0.3) is 0 Å². The number of carbonyl (C=O) groups is 1. The van der Waals surface area contributed by atoms with Crippen molar-refractivity contribution >= 4 is 5.78 Å². The molecule has 0 fully saturated rings. The molecular formula is C14H17N3O2. The first kappa shape index (κ1) is 13.3. The second-order valence-corrected chi connectivity index (χ2v) is 4.07. The molecule has 0 radical (unpaired) electrons. The Labute approximate surface area is 112 Å². The van der Waals surface area contributed by atoms with E-state index in [9.17, 15) is 4.79 Å². The van der Waals surface area contributed by atoms with Crippen LogP contribution in [0, 0.1) is 0 Å². The van der Waals surface area contributed by atoms with Gasteiger partial charge in [0.05, 0.1) is 12.8 Å². The van der Waals surface area contributed by atoms with Gasteiger partial charge < -0.3 is 4.74 Å². The third kappa shape index (κ3) is 2.50. The first-order valence-corrected chi connectivity index (χ1v) is 6.31. The molecule has 5 nitrogen and oxygen atoms in total. The van der Waals surface area contributed by atoms with Crippen molar-refractivity contribution in [2.45, 2.75) is 26.8 Å². The van der Waals surface area contributed by atoms with Crippen LogP contribution in [-0.4, -0.2) is 27.7 Å². The van der Waals surface area contributed by atoms with Gasteiger partial charge in [0.1, 0.15) is 11.4 Å². The van der Waals surface area contributed by atoms with Crippen LogP contribution < -0.4 is 4.74 Å². The number of pyridine rings is 1. The maximum Gasteiger partial charge on any atom is 0.233 e. The number of hydrogen-bond donors (Lipinski definition) is 0. The van der Waals surface area contributed by atoms with E-state index < -0.39 is 0 Å². The number of hydrogen-bond acceptors (Lipinski definition) is 4. The summed E-state index contributed by atoms with van der Waals surface area (Å²) in [6.07, 6.45) is 2.38. The molecule has 0 unspecified atom stereocenters. The molecule has 0 aromatic carbocycles. The number of methoxy groups -OCH3 is 1. The van der Waals surface area contributed by atoms with Crippen LogP contribution in [0.15, 0.2) is 24.4 Å². The second-order valence-electron chi connectivity index (χ2n) is 4.07. The molecule has 0 aliphatic carbocycles. The van der Waals surface area contributed by atoms with Gasteiger partial charge in [-0.25, -0.2) is 4.98 Å². The van der Waals surface area contributed by atoms with Crippen molar-refractivity contribution in [3.05, 3.63) is 41.5 Å². The van der Waals surface area contributed by atoms with Crippen LogP contribution in [0.3, 0.4) is 0 Å². The minimum atomic E-state index is -0.161. The molecule has 0 amide bonds. The van der Waals surface area contributed by atoms with Gasteiger partial charge >= 0.3 is 0 Å². The van der Waals surface area contributed by atoms with Crippen molar-refractivity contribution < 1.29 is 9.53 Å². The van der Waals surface area contributed by atoms with E-state index in [0.717, 1.165) is 12.1 Å². The average molecular weight is 259 g/mol. The maximum absolute atomic E-state index is 12.5. The molecule has 0 spiro atoms. The van der Waals surface area contributed by atoms with Gasteiger partial charge in [-0.1, -0.05) is 6.92 Å².